The number of carboxylic acids is 1. The molecule has 0 aliphatic carbocycles. The summed E-state index contributed by atoms with van der Waals surface area (Å²) in [6.45, 7) is 1.55. The first-order chi connectivity index (χ1) is 9.81. The molecule has 0 bridgehead atoms. The van der Waals surface area contributed by atoms with Crippen molar-refractivity contribution in [3.8, 4) is 0 Å². The van der Waals surface area contributed by atoms with Gasteiger partial charge in [0.2, 0.25) is 0 Å². The van der Waals surface area contributed by atoms with Crippen LogP contribution in [-0.2, 0) is 10.0 Å². The maximum Gasteiger partial charge on any atom is 0.335 e. The second-order valence-corrected chi connectivity index (χ2v) is 6.02. The van der Waals surface area contributed by atoms with Crippen LogP contribution < -0.4 is 4.72 Å². The Morgan fingerprint density at radius 1 is 1.19 bits per heavy atom. The van der Waals surface area contributed by atoms with E-state index in [0.717, 1.165) is 12.1 Å². The topological polar surface area (TPSA) is 83.5 Å². The van der Waals surface area contributed by atoms with Crippen LogP contribution in [0.4, 0.5) is 10.1 Å². The van der Waals surface area contributed by atoms with Crippen LogP contribution in [0, 0.1) is 12.7 Å². The van der Waals surface area contributed by atoms with E-state index in [0.29, 0.717) is 5.56 Å². The highest BCUT2D eigenvalue weighted by Gasteiger charge is 2.19. The fourth-order valence-electron chi connectivity index (χ4n) is 1.84. The number of aromatic carboxylic acids is 1. The molecular weight excluding hydrogens is 297 g/mol. The van der Waals surface area contributed by atoms with Gasteiger partial charge in [-0.15, -0.1) is 0 Å². The maximum absolute atomic E-state index is 13.5. The van der Waals surface area contributed by atoms with Crippen molar-refractivity contribution in [2.75, 3.05) is 4.72 Å². The van der Waals surface area contributed by atoms with Gasteiger partial charge in [0.25, 0.3) is 10.0 Å². The molecule has 2 rings (SSSR count). The van der Waals surface area contributed by atoms with Crippen LogP contribution in [0.5, 0.6) is 0 Å². The lowest BCUT2D eigenvalue weighted by atomic mass is 10.1. The molecule has 0 saturated carbocycles. The van der Waals surface area contributed by atoms with Gasteiger partial charge in [0.15, 0.2) is 0 Å². The molecule has 0 radical (unpaired) electrons. The van der Waals surface area contributed by atoms with E-state index in [9.17, 15) is 17.6 Å². The minimum Gasteiger partial charge on any atom is -0.478 e. The number of carbonyl (C=O) groups is 1. The van der Waals surface area contributed by atoms with Crippen LogP contribution in [0.1, 0.15) is 15.9 Å². The van der Waals surface area contributed by atoms with Crippen molar-refractivity contribution in [2.45, 2.75) is 11.8 Å². The highest BCUT2D eigenvalue weighted by atomic mass is 32.2. The largest absolute Gasteiger partial charge is 0.478 e. The first kappa shape index (κ1) is 15.0. The average Bonchev–Trinajstić information content (AvgIpc) is 2.38. The number of carboxylic acid groups (broad SMARTS) is 1. The third kappa shape index (κ3) is 3.19. The number of sulfonamides is 1. The van der Waals surface area contributed by atoms with Crippen LogP contribution in [-0.4, -0.2) is 19.5 Å². The number of benzene rings is 2. The molecule has 2 N–H and O–H groups in total. The van der Waals surface area contributed by atoms with Crippen molar-refractivity contribution >= 4 is 21.7 Å². The number of nitrogens with one attached hydrogen (secondary N) is 1. The van der Waals surface area contributed by atoms with Gasteiger partial charge in [-0.3, -0.25) is 4.72 Å². The van der Waals surface area contributed by atoms with E-state index in [4.69, 9.17) is 5.11 Å². The Morgan fingerprint density at radius 3 is 2.43 bits per heavy atom. The molecule has 0 amide bonds. The molecule has 0 aliphatic heterocycles. The number of aryl methyl sites for hydroxylation is 1. The Morgan fingerprint density at radius 2 is 1.86 bits per heavy atom. The van der Waals surface area contributed by atoms with Gasteiger partial charge in [-0.2, -0.15) is 0 Å². The second kappa shape index (κ2) is 5.53. The van der Waals surface area contributed by atoms with Gasteiger partial charge < -0.3 is 5.11 Å². The van der Waals surface area contributed by atoms with Gasteiger partial charge in [0.1, 0.15) is 10.7 Å². The molecule has 7 heteroatoms. The molecule has 0 heterocycles. The Bertz CT molecular complexity index is 802. The molecule has 0 spiro atoms. The van der Waals surface area contributed by atoms with Crippen molar-refractivity contribution in [1.29, 1.82) is 0 Å². The van der Waals surface area contributed by atoms with E-state index < -0.39 is 26.7 Å². The fraction of sp³-hybridized carbons (Fsp3) is 0.0714. The van der Waals surface area contributed by atoms with Crippen LogP contribution in [0.15, 0.2) is 47.4 Å². The van der Waals surface area contributed by atoms with Gasteiger partial charge in [-0.25, -0.2) is 17.6 Å². The summed E-state index contributed by atoms with van der Waals surface area (Å²) < 4.78 is 39.9. The van der Waals surface area contributed by atoms with Gasteiger partial charge in [0.05, 0.1) is 5.56 Å². The molecule has 0 aromatic heterocycles. The lowest BCUT2D eigenvalue weighted by molar-refractivity contribution is 0.0696. The number of hydrogen-bond acceptors (Lipinski definition) is 3. The number of anilines is 1. The molecule has 110 valence electrons. The normalized spacial score (nSPS) is 11.1. The smallest absolute Gasteiger partial charge is 0.335 e. The molecule has 2 aromatic carbocycles. The van der Waals surface area contributed by atoms with Crippen LogP contribution in [0.3, 0.4) is 0 Å². The molecule has 5 nitrogen and oxygen atoms in total. The quantitative estimate of drug-likeness (QED) is 0.909. The van der Waals surface area contributed by atoms with Crippen molar-refractivity contribution in [3.05, 3.63) is 59.4 Å². The second-order valence-electron chi connectivity index (χ2n) is 4.37. The molecule has 2 aromatic rings. The first-order valence-electron chi connectivity index (χ1n) is 5.92. The summed E-state index contributed by atoms with van der Waals surface area (Å²) in [5.41, 5.74) is 0.640. The van der Waals surface area contributed by atoms with E-state index in [1.165, 1.54) is 30.3 Å². The summed E-state index contributed by atoms with van der Waals surface area (Å²) in [4.78, 5) is 10.4. The summed E-state index contributed by atoms with van der Waals surface area (Å²) in [5, 5.41) is 8.92. The van der Waals surface area contributed by atoms with Crippen molar-refractivity contribution in [3.63, 3.8) is 0 Å². The standard InChI is InChI=1S/C14H12FNO4S/c1-9-8-10(6-7-11(9)14(17)18)16-21(19,20)13-5-3-2-4-12(13)15/h2-8,16H,1H3,(H,17,18). The third-order valence-corrected chi connectivity index (χ3v) is 4.25. The monoisotopic (exact) mass is 309 g/mol. The first-order valence-corrected chi connectivity index (χ1v) is 7.41. The van der Waals surface area contributed by atoms with Crippen molar-refractivity contribution < 1.29 is 22.7 Å². The summed E-state index contributed by atoms with van der Waals surface area (Å²) in [6, 6.07) is 8.98. The maximum atomic E-state index is 13.5. The molecule has 0 aliphatic rings. The molecule has 0 unspecified atom stereocenters. The highest BCUT2D eigenvalue weighted by molar-refractivity contribution is 7.92. The number of hydrogen-bond donors (Lipinski definition) is 2. The van der Waals surface area contributed by atoms with Gasteiger partial charge in [0, 0.05) is 5.69 Å². The summed E-state index contributed by atoms with van der Waals surface area (Å²) in [5.74, 6) is -1.96. The van der Waals surface area contributed by atoms with E-state index >= 15 is 0 Å². The number of halogens is 1. The van der Waals surface area contributed by atoms with Crippen molar-refractivity contribution in [2.24, 2.45) is 0 Å². The predicted octanol–water partition coefficient (Wildman–Crippen LogP) is 2.63. The zero-order valence-electron chi connectivity index (χ0n) is 11.0. The highest BCUT2D eigenvalue weighted by Crippen LogP contribution is 2.21. The Hall–Kier alpha value is -2.41. The zero-order valence-corrected chi connectivity index (χ0v) is 11.8. The van der Waals surface area contributed by atoms with Gasteiger partial charge >= 0.3 is 5.97 Å². The molecule has 0 saturated heterocycles. The lowest BCUT2D eigenvalue weighted by Gasteiger charge is -2.10. The van der Waals surface area contributed by atoms with Crippen LogP contribution in [0.2, 0.25) is 0 Å². The van der Waals surface area contributed by atoms with Crippen LogP contribution in [0.25, 0.3) is 0 Å². The van der Waals surface area contributed by atoms with Gasteiger partial charge in [-0.1, -0.05) is 12.1 Å². The van der Waals surface area contributed by atoms with E-state index in [1.54, 1.807) is 6.92 Å². The Balaban J connectivity index is 2.36. The number of rotatable bonds is 4. The average molecular weight is 309 g/mol. The zero-order chi connectivity index (χ0) is 15.6. The fourth-order valence-corrected chi connectivity index (χ4v) is 2.97. The lowest BCUT2D eigenvalue weighted by Crippen LogP contribution is -2.15. The van der Waals surface area contributed by atoms with Crippen molar-refractivity contribution in [1.82, 2.24) is 0 Å². The Kier molecular flexibility index (Phi) is 3.95. The summed E-state index contributed by atoms with van der Waals surface area (Å²) >= 11 is 0. The summed E-state index contributed by atoms with van der Waals surface area (Å²) in [7, 11) is -4.07. The third-order valence-electron chi connectivity index (χ3n) is 2.84. The molecule has 21 heavy (non-hydrogen) atoms. The predicted molar refractivity (Wildman–Crippen MR) is 75.3 cm³/mol. The molecular formula is C14H12FNO4S. The Labute approximate surface area is 121 Å². The van der Waals surface area contributed by atoms with Gasteiger partial charge in [-0.05, 0) is 42.8 Å². The van der Waals surface area contributed by atoms with E-state index in [1.807, 2.05) is 0 Å². The van der Waals surface area contributed by atoms with E-state index in [-0.39, 0.29) is 11.3 Å². The SMILES string of the molecule is Cc1cc(NS(=O)(=O)c2ccccc2F)ccc1C(=O)O. The summed E-state index contributed by atoms with van der Waals surface area (Å²) in [6.07, 6.45) is 0. The molecule has 0 fully saturated rings. The minimum absolute atomic E-state index is 0.0730. The van der Waals surface area contributed by atoms with E-state index in [2.05, 4.69) is 4.72 Å². The molecule has 0 atom stereocenters. The van der Waals surface area contributed by atoms with Crippen LogP contribution >= 0.6 is 0 Å². The minimum atomic E-state index is -4.07.